The predicted octanol–water partition coefficient (Wildman–Crippen LogP) is 5.83. The van der Waals surface area contributed by atoms with Crippen molar-refractivity contribution in [3.8, 4) is 5.75 Å². The van der Waals surface area contributed by atoms with Crippen LogP contribution >= 0.6 is 11.6 Å². The highest BCUT2D eigenvalue weighted by molar-refractivity contribution is 7.90. The monoisotopic (exact) mass is 566 g/mol. The van der Waals surface area contributed by atoms with E-state index in [1.165, 1.54) is 50.3 Å². The highest BCUT2D eigenvalue weighted by Gasteiger charge is 2.21. The molecule has 0 radical (unpaired) electrons. The molecule has 0 aliphatic heterocycles. The average Bonchev–Trinajstić information content (AvgIpc) is 3.23. The van der Waals surface area contributed by atoms with Crippen molar-refractivity contribution in [2.75, 3.05) is 6.61 Å². The molecule has 1 amide bonds. The van der Waals surface area contributed by atoms with E-state index < -0.39 is 15.9 Å². The normalized spacial score (nSPS) is 14.4. The van der Waals surface area contributed by atoms with E-state index in [-0.39, 0.29) is 10.6 Å². The molecule has 0 unspecified atom stereocenters. The van der Waals surface area contributed by atoms with Crippen LogP contribution in [0.25, 0.3) is 11.2 Å². The number of aryl methyl sites for hydroxylation is 2. The molecule has 0 atom stereocenters. The number of fused-ring (bicyclic) bond motifs is 1. The van der Waals surface area contributed by atoms with Crippen LogP contribution in [0.3, 0.4) is 0 Å². The first-order valence-electron chi connectivity index (χ1n) is 13.1. The number of rotatable bonds is 8. The molecule has 0 bridgehead atoms. The van der Waals surface area contributed by atoms with Gasteiger partial charge in [-0.2, -0.15) is 0 Å². The lowest BCUT2D eigenvalue weighted by Gasteiger charge is -2.21. The third kappa shape index (κ3) is 6.25. The lowest BCUT2D eigenvalue weighted by Crippen LogP contribution is -2.31. The zero-order valence-electron chi connectivity index (χ0n) is 22.0. The first kappa shape index (κ1) is 27.1. The van der Waals surface area contributed by atoms with E-state index in [2.05, 4.69) is 14.7 Å². The molecule has 1 fully saturated rings. The van der Waals surface area contributed by atoms with Crippen LogP contribution in [-0.4, -0.2) is 35.5 Å². The number of pyridine rings is 1. The summed E-state index contributed by atoms with van der Waals surface area (Å²) in [5.74, 6) is 1.21. The number of ether oxygens (including phenoxy) is 1. The van der Waals surface area contributed by atoms with Crippen LogP contribution in [0.2, 0.25) is 5.02 Å². The number of aromatic nitrogens is 3. The Labute approximate surface area is 233 Å². The van der Waals surface area contributed by atoms with Gasteiger partial charge in [-0.05, 0) is 74.6 Å². The van der Waals surface area contributed by atoms with Crippen molar-refractivity contribution < 1.29 is 17.9 Å². The fourth-order valence-electron chi connectivity index (χ4n) is 4.87. The Hall–Kier alpha value is -3.43. The molecule has 0 saturated heterocycles. The Balaban J connectivity index is 1.33. The summed E-state index contributed by atoms with van der Waals surface area (Å²) in [5, 5.41) is 0.565. The summed E-state index contributed by atoms with van der Waals surface area (Å²) < 4.78 is 35.4. The number of nitrogens with zero attached hydrogens (tertiary/aromatic N) is 3. The van der Waals surface area contributed by atoms with Gasteiger partial charge in [0.25, 0.3) is 15.9 Å². The summed E-state index contributed by atoms with van der Waals surface area (Å²) in [6.07, 6.45) is 6.28. The number of hydrogen-bond acceptors (Lipinski definition) is 6. The first-order valence-corrected chi connectivity index (χ1v) is 14.9. The average molecular weight is 567 g/mol. The molecule has 10 heteroatoms. The van der Waals surface area contributed by atoms with E-state index in [0.29, 0.717) is 41.1 Å². The zero-order valence-corrected chi connectivity index (χ0v) is 23.6. The van der Waals surface area contributed by atoms with Crippen LogP contribution in [0, 0.1) is 19.8 Å². The lowest BCUT2D eigenvalue weighted by atomic mass is 9.90. The number of benzene rings is 2. The van der Waals surface area contributed by atoms with Gasteiger partial charge < -0.3 is 9.30 Å². The third-order valence-electron chi connectivity index (χ3n) is 7.14. The number of amides is 1. The van der Waals surface area contributed by atoms with Gasteiger partial charge in [0.15, 0.2) is 5.65 Å². The summed E-state index contributed by atoms with van der Waals surface area (Å²) in [6.45, 7) is 4.78. The number of carbonyl (C=O) groups excluding carboxylic acids is 1. The van der Waals surface area contributed by atoms with Gasteiger partial charge in [0.1, 0.15) is 22.8 Å². The van der Waals surface area contributed by atoms with Crippen molar-refractivity contribution in [3.05, 3.63) is 82.3 Å². The molecular formula is C29H31ClN4O4S. The van der Waals surface area contributed by atoms with Crippen LogP contribution in [0.5, 0.6) is 5.75 Å². The molecule has 2 aromatic heterocycles. The van der Waals surface area contributed by atoms with Crippen LogP contribution in [0.15, 0.2) is 59.5 Å². The largest absolute Gasteiger partial charge is 0.493 e. The minimum absolute atomic E-state index is 0.00391. The topological polar surface area (TPSA) is 103 Å². The SMILES string of the molecule is Cc1ccc(S(=O)(=O)NC(=O)c2ccc3nc(C)n(Cc4ccc(OCC5CCCCC5)cc4Cl)c3n2)cc1. The van der Waals surface area contributed by atoms with Crippen molar-refractivity contribution in [3.63, 3.8) is 0 Å². The molecule has 1 N–H and O–H groups in total. The van der Waals surface area contributed by atoms with Gasteiger partial charge >= 0.3 is 0 Å². The maximum Gasteiger partial charge on any atom is 0.283 e. The van der Waals surface area contributed by atoms with E-state index in [1.54, 1.807) is 18.2 Å². The molecule has 2 heterocycles. The fraction of sp³-hybridized carbons (Fsp3) is 0.345. The predicted molar refractivity (Wildman–Crippen MR) is 151 cm³/mol. The van der Waals surface area contributed by atoms with E-state index >= 15 is 0 Å². The number of hydrogen-bond donors (Lipinski definition) is 1. The first-order chi connectivity index (χ1) is 18.7. The second-order valence-electron chi connectivity index (χ2n) is 10.1. The van der Waals surface area contributed by atoms with Gasteiger partial charge in [0.05, 0.1) is 18.0 Å². The number of nitrogens with one attached hydrogen (secondary N) is 1. The van der Waals surface area contributed by atoms with Crippen molar-refractivity contribution >= 4 is 38.7 Å². The van der Waals surface area contributed by atoms with Gasteiger partial charge in [-0.15, -0.1) is 0 Å². The van der Waals surface area contributed by atoms with Crippen molar-refractivity contribution in [1.82, 2.24) is 19.3 Å². The summed E-state index contributed by atoms with van der Waals surface area (Å²) >= 11 is 6.63. The number of sulfonamides is 1. The van der Waals surface area contributed by atoms with Gasteiger partial charge in [-0.1, -0.05) is 54.6 Å². The molecule has 1 saturated carbocycles. The molecule has 1 aliphatic carbocycles. The Morgan fingerprint density at radius 1 is 1.03 bits per heavy atom. The van der Waals surface area contributed by atoms with E-state index in [0.717, 1.165) is 16.9 Å². The van der Waals surface area contributed by atoms with Gasteiger partial charge in [-0.3, -0.25) is 4.79 Å². The molecule has 5 rings (SSSR count). The summed E-state index contributed by atoms with van der Waals surface area (Å²) in [7, 11) is -4.04. The number of carbonyl (C=O) groups is 1. The van der Waals surface area contributed by atoms with E-state index in [4.69, 9.17) is 16.3 Å². The van der Waals surface area contributed by atoms with Crippen LogP contribution < -0.4 is 9.46 Å². The van der Waals surface area contributed by atoms with Crippen LogP contribution in [0.4, 0.5) is 0 Å². The third-order valence-corrected chi connectivity index (χ3v) is 8.84. The summed E-state index contributed by atoms with van der Waals surface area (Å²) in [6, 6.07) is 15.0. The molecular weight excluding hydrogens is 536 g/mol. The van der Waals surface area contributed by atoms with Gasteiger partial charge in [-0.25, -0.2) is 23.1 Å². The van der Waals surface area contributed by atoms with Crippen molar-refractivity contribution in [1.29, 1.82) is 0 Å². The fourth-order valence-corrected chi connectivity index (χ4v) is 6.06. The molecule has 1 aliphatic rings. The second kappa shape index (κ2) is 11.4. The lowest BCUT2D eigenvalue weighted by molar-refractivity contribution is 0.0977. The highest BCUT2D eigenvalue weighted by atomic mass is 35.5. The van der Waals surface area contributed by atoms with E-state index in [1.807, 2.05) is 36.6 Å². The minimum Gasteiger partial charge on any atom is -0.493 e. The maximum atomic E-state index is 12.9. The molecule has 8 nitrogen and oxygen atoms in total. The molecule has 39 heavy (non-hydrogen) atoms. The Morgan fingerprint density at radius 3 is 2.49 bits per heavy atom. The summed E-state index contributed by atoms with van der Waals surface area (Å²) in [5.41, 5.74) is 2.79. The second-order valence-corrected chi connectivity index (χ2v) is 12.2. The van der Waals surface area contributed by atoms with E-state index in [9.17, 15) is 13.2 Å². The Bertz CT molecular complexity index is 1610. The molecule has 4 aromatic rings. The van der Waals surface area contributed by atoms with Crippen LogP contribution in [0.1, 0.15) is 59.5 Å². The van der Waals surface area contributed by atoms with Crippen LogP contribution in [-0.2, 0) is 16.6 Å². The standard InChI is InChI=1S/C29H31ClN4O4S/c1-19-8-12-24(13-9-19)39(36,37)33-29(35)27-15-14-26-28(32-27)34(20(2)31-26)17-22-10-11-23(16-25(22)30)38-18-21-6-4-3-5-7-21/h8-16,21H,3-7,17-18H2,1-2H3,(H,33,35). The maximum absolute atomic E-state index is 12.9. The van der Waals surface area contributed by atoms with Crippen molar-refractivity contribution in [2.24, 2.45) is 5.92 Å². The smallest absolute Gasteiger partial charge is 0.283 e. The number of halogens is 1. The molecule has 2 aromatic carbocycles. The number of imidazole rings is 1. The zero-order chi connectivity index (χ0) is 27.6. The molecule has 0 spiro atoms. The highest BCUT2D eigenvalue weighted by Crippen LogP contribution is 2.28. The summed E-state index contributed by atoms with van der Waals surface area (Å²) in [4.78, 5) is 21.9. The van der Waals surface area contributed by atoms with Crippen molar-refractivity contribution in [2.45, 2.75) is 57.4 Å². The van der Waals surface area contributed by atoms with Gasteiger partial charge in [0, 0.05) is 5.02 Å². The quantitative estimate of drug-likeness (QED) is 0.288. The van der Waals surface area contributed by atoms with Gasteiger partial charge in [0.2, 0.25) is 0 Å². The Morgan fingerprint density at radius 2 is 1.77 bits per heavy atom. The Kier molecular flexibility index (Phi) is 7.91. The molecule has 204 valence electrons. The minimum atomic E-state index is -4.04.